The molecule has 0 aromatic rings. The van der Waals surface area contributed by atoms with Gasteiger partial charge in [-0.05, 0) is 38.8 Å². The summed E-state index contributed by atoms with van der Waals surface area (Å²) in [6.45, 7) is 7.40. The minimum Gasteiger partial charge on any atom is -0.300 e. The molecule has 1 heterocycles. The van der Waals surface area contributed by atoms with Crippen LogP contribution in [0.3, 0.4) is 0 Å². The van der Waals surface area contributed by atoms with Crippen LogP contribution in [0, 0.1) is 0 Å². The fourth-order valence-electron chi connectivity index (χ4n) is 4.64. The summed E-state index contributed by atoms with van der Waals surface area (Å²) in [5.41, 5.74) is 0. The molecular weight excluding hydrogens is 314 g/mol. The fraction of sp³-hybridized carbons (Fsp3) is 1.00. The Bertz CT molecular complexity index is 269. The second-order valence-corrected chi connectivity index (χ2v) is 8.92. The molecule has 1 nitrogen and oxygen atoms in total. The number of hydrogen-bond acceptors (Lipinski definition) is 1. The molecule has 1 aliphatic heterocycles. The highest BCUT2D eigenvalue weighted by atomic mass is 15.2. The Morgan fingerprint density at radius 2 is 0.885 bits per heavy atom. The van der Waals surface area contributed by atoms with Crippen LogP contribution < -0.4 is 0 Å². The normalized spacial score (nSPS) is 16.8. The van der Waals surface area contributed by atoms with Gasteiger partial charge in [0, 0.05) is 6.04 Å². The summed E-state index contributed by atoms with van der Waals surface area (Å²) in [5, 5.41) is 0. The van der Waals surface area contributed by atoms with Gasteiger partial charge in [-0.25, -0.2) is 0 Å². The third-order valence-corrected chi connectivity index (χ3v) is 6.44. The molecule has 1 unspecified atom stereocenters. The van der Waals surface area contributed by atoms with Crippen molar-refractivity contribution in [3.05, 3.63) is 0 Å². The van der Waals surface area contributed by atoms with Crippen LogP contribution in [0.2, 0.25) is 0 Å². The van der Waals surface area contributed by atoms with Crippen molar-refractivity contribution in [3.8, 4) is 0 Å². The van der Waals surface area contributed by atoms with Gasteiger partial charge < -0.3 is 4.90 Å². The highest BCUT2D eigenvalue weighted by Crippen LogP contribution is 2.22. The third kappa shape index (κ3) is 13.2. The van der Waals surface area contributed by atoms with E-state index in [1.54, 1.807) is 0 Å². The number of unbranched alkanes of at least 4 members (excludes halogenated alkanes) is 13. The van der Waals surface area contributed by atoms with Crippen molar-refractivity contribution >= 4 is 0 Å². The maximum Gasteiger partial charge on any atom is 0.00952 e. The lowest BCUT2D eigenvalue weighted by atomic mass is 9.97. The van der Waals surface area contributed by atoms with Crippen molar-refractivity contribution in [2.24, 2.45) is 0 Å². The van der Waals surface area contributed by atoms with Crippen LogP contribution in [-0.2, 0) is 0 Å². The molecule has 0 radical (unpaired) electrons. The van der Waals surface area contributed by atoms with Crippen LogP contribution >= 0.6 is 0 Å². The largest absolute Gasteiger partial charge is 0.300 e. The second kappa shape index (κ2) is 18.3. The standard InChI is InChI=1S/C25H51N/c1-3-5-7-9-10-11-12-13-15-18-22-25(21-17-14-8-6-4-2)26-23-19-16-20-24-26/h25H,3-24H2,1-2H3. The Balaban J connectivity index is 2.07. The summed E-state index contributed by atoms with van der Waals surface area (Å²) < 4.78 is 0. The van der Waals surface area contributed by atoms with E-state index in [1.807, 2.05) is 0 Å². The predicted molar refractivity (Wildman–Crippen MR) is 119 cm³/mol. The number of piperidine rings is 1. The van der Waals surface area contributed by atoms with E-state index in [2.05, 4.69) is 18.7 Å². The third-order valence-electron chi connectivity index (χ3n) is 6.44. The lowest BCUT2D eigenvalue weighted by molar-refractivity contribution is 0.142. The summed E-state index contributed by atoms with van der Waals surface area (Å²) in [6.07, 6.45) is 29.2. The van der Waals surface area contributed by atoms with Gasteiger partial charge in [-0.3, -0.25) is 0 Å². The minimum absolute atomic E-state index is 0.908. The van der Waals surface area contributed by atoms with E-state index >= 15 is 0 Å². The van der Waals surface area contributed by atoms with Gasteiger partial charge in [-0.15, -0.1) is 0 Å². The SMILES string of the molecule is CCCCCCCCCCCCC(CCCCCCC)N1CCCCC1. The predicted octanol–water partition coefficient (Wildman–Crippen LogP) is 8.51. The van der Waals surface area contributed by atoms with Crippen molar-refractivity contribution < 1.29 is 0 Å². The Labute approximate surface area is 166 Å². The second-order valence-electron chi connectivity index (χ2n) is 8.92. The van der Waals surface area contributed by atoms with Gasteiger partial charge in [-0.1, -0.05) is 117 Å². The van der Waals surface area contributed by atoms with E-state index < -0.39 is 0 Å². The van der Waals surface area contributed by atoms with Gasteiger partial charge in [0.1, 0.15) is 0 Å². The minimum atomic E-state index is 0.908. The smallest absolute Gasteiger partial charge is 0.00952 e. The van der Waals surface area contributed by atoms with E-state index in [4.69, 9.17) is 0 Å². The number of nitrogens with zero attached hydrogens (tertiary/aromatic N) is 1. The average Bonchev–Trinajstić information content (AvgIpc) is 2.68. The Hall–Kier alpha value is -0.0400. The first-order valence-electron chi connectivity index (χ1n) is 12.6. The topological polar surface area (TPSA) is 3.24 Å². The van der Waals surface area contributed by atoms with Gasteiger partial charge in [0.2, 0.25) is 0 Å². The summed E-state index contributed by atoms with van der Waals surface area (Å²) >= 11 is 0. The fourth-order valence-corrected chi connectivity index (χ4v) is 4.64. The Morgan fingerprint density at radius 3 is 1.31 bits per heavy atom. The van der Waals surface area contributed by atoms with E-state index in [0.29, 0.717) is 0 Å². The summed E-state index contributed by atoms with van der Waals surface area (Å²) in [4.78, 5) is 2.86. The zero-order valence-electron chi connectivity index (χ0n) is 18.6. The molecule has 1 saturated heterocycles. The van der Waals surface area contributed by atoms with Crippen LogP contribution in [0.4, 0.5) is 0 Å². The molecule has 0 aromatic heterocycles. The molecule has 0 aliphatic carbocycles. The first-order valence-corrected chi connectivity index (χ1v) is 12.6. The van der Waals surface area contributed by atoms with Crippen LogP contribution in [0.1, 0.15) is 142 Å². The first-order chi connectivity index (χ1) is 12.9. The van der Waals surface area contributed by atoms with Gasteiger partial charge in [-0.2, -0.15) is 0 Å². The maximum atomic E-state index is 2.86. The molecule has 0 saturated carbocycles. The monoisotopic (exact) mass is 365 g/mol. The van der Waals surface area contributed by atoms with Crippen molar-refractivity contribution in [2.75, 3.05) is 13.1 Å². The van der Waals surface area contributed by atoms with E-state index in [9.17, 15) is 0 Å². The van der Waals surface area contributed by atoms with Gasteiger partial charge in [0.05, 0.1) is 0 Å². The highest BCUT2D eigenvalue weighted by molar-refractivity contribution is 4.75. The van der Waals surface area contributed by atoms with Crippen molar-refractivity contribution in [3.63, 3.8) is 0 Å². The number of hydrogen-bond donors (Lipinski definition) is 0. The molecule has 0 N–H and O–H groups in total. The molecule has 156 valence electrons. The van der Waals surface area contributed by atoms with Crippen LogP contribution in [0.25, 0.3) is 0 Å². The zero-order valence-corrected chi connectivity index (χ0v) is 18.6. The number of rotatable bonds is 18. The first kappa shape index (κ1) is 24.0. The van der Waals surface area contributed by atoms with E-state index in [0.717, 1.165) is 6.04 Å². The van der Waals surface area contributed by atoms with Gasteiger partial charge in [0.25, 0.3) is 0 Å². The van der Waals surface area contributed by atoms with Crippen LogP contribution in [0.15, 0.2) is 0 Å². The van der Waals surface area contributed by atoms with Gasteiger partial charge >= 0.3 is 0 Å². The lowest BCUT2D eigenvalue weighted by Crippen LogP contribution is -2.39. The average molecular weight is 366 g/mol. The molecule has 1 heteroatoms. The molecule has 1 fully saturated rings. The van der Waals surface area contributed by atoms with Crippen molar-refractivity contribution in [1.29, 1.82) is 0 Å². The molecule has 1 rings (SSSR count). The molecule has 1 atom stereocenters. The van der Waals surface area contributed by atoms with Crippen LogP contribution in [-0.4, -0.2) is 24.0 Å². The maximum absolute atomic E-state index is 2.86. The van der Waals surface area contributed by atoms with Crippen molar-refractivity contribution in [1.82, 2.24) is 4.90 Å². The Kier molecular flexibility index (Phi) is 16.9. The quantitative estimate of drug-likeness (QED) is 0.220. The molecule has 0 aromatic carbocycles. The summed E-state index contributed by atoms with van der Waals surface area (Å²) in [7, 11) is 0. The summed E-state index contributed by atoms with van der Waals surface area (Å²) in [6, 6.07) is 0.908. The number of likely N-dealkylation sites (tertiary alicyclic amines) is 1. The Morgan fingerprint density at radius 1 is 0.500 bits per heavy atom. The molecule has 0 amide bonds. The molecule has 0 spiro atoms. The van der Waals surface area contributed by atoms with E-state index in [-0.39, 0.29) is 0 Å². The lowest BCUT2D eigenvalue weighted by Gasteiger charge is -2.35. The van der Waals surface area contributed by atoms with Gasteiger partial charge in [0.15, 0.2) is 0 Å². The summed E-state index contributed by atoms with van der Waals surface area (Å²) in [5.74, 6) is 0. The zero-order chi connectivity index (χ0) is 18.7. The van der Waals surface area contributed by atoms with Crippen molar-refractivity contribution in [2.45, 2.75) is 148 Å². The van der Waals surface area contributed by atoms with E-state index in [1.165, 1.54) is 142 Å². The van der Waals surface area contributed by atoms with Crippen LogP contribution in [0.5, 0.6) is 0 Å². The molecule has 1 aliphatic rings. The molecular formula is C25H51N. The molecule has 26 heavy (non-hydrogen) atoms. The highest BCUT2D eigenvalue weighted by Gasteiger charge is 2.19. The molecule has 0 bridgehead atoms.